The molecule has 3 heteroatoms. The number of hydrogen-bond donors (Lipinski definition) is 0. The molecule has 1 aromatic carbocycles. The summed E-state index contributed by atoms with van der Waals surface area (Å²) in [5.41, 5.74) is 2.03. The molecular weight excluding hydrogens is 178 g/mol. The Morgan fingerprint density at radius 3 is 3.00 bits per heavy atom. The van der Waals surface area contributed by atoms with Gasteiger partial charge < -0.3 is 9.64 Å². The summed E-state index contributed by atoms with van der Waals surface area (Å²) in [5, 5.41) is 0. The Labute approximate surface area is 83.3 Å². The summed E-state index contributed by atoms with van der Waals surface area (Å²) in [5.74, 6) is 0.843. The van der Waals surface area contributed by atoms with Crippen LogP contribution in [-0.2, 0) is 4.79 Å². The van der Waals surface area contributed by atoms with Crippen molar-refractivity contribution >= 4 is 11.6 Å². The number of likely N-dealkylation sites (N-methyl/N-ethyl adjacent to an activating group) is 1. The van der Waals surface area contributed by atoms with Crippen LogP contribution in [0.25, 0.3) is 0 Å². The average molecular weight is 191 g/mol. The van der Waals surface area contributed by atoms with Crippen LogP contribution < -0.4 is 9.64 Å². The van der Waals surface area contributed by atoms with E-state index in [1.54, 1.807) is 4.90 Å². The predicted molar refractivity (Wildman–Crippen MR) is 54.7 cm³/mol. The van der Waals surface area contributed by atoms with E-state index in [4.69, 9.17) is 4.74 Å². The Balaban J connectivity index is 2.47. The molecule has 1 amide bonds. The minimum Gasteiger partial charge on any atom is -0.482 e. The van der Waals surface area contributed by atoms with Crippen molar-refractivity contribution in [2.24, 2.45) is 0 Å². The van der Waals surface area contributed by atoms with Crippen LogP contribution in [-0.4, -0.2) is 19.1 Å². The van der Waals surface area contributed by atoms with Crippen molar-refractivity contribution in [2.45, 2.75) is 13.8 Å². The fraction of sp³-hybridized carbons (Fsp3) is 0.364. The highest BCUT2D eigenvalue weighted by molar-refractivity contribution is 5.97. The van der Waals surface area contributed by atoms with Crippen molar-refractivity contribution in [3.63, 3.8) is 0 Å². The maximum Gasteiger partial charge on any atom is 0.265 e. The van der Waals surface area contributed by atoms with Crippen LogP contribution in [0.2, 0.25) is 0 Å². The molecule has 1 aromatic rings. The normalized spacial score (nSPS) is 15.0. The minimum absolute atomic E-state index is 0.0313. The van der Waals surface area contributed by atoms with Gasteiger partial charge in [-0.3, -0.25) is 4.79 Å². The van der Waals surface area contributed by atoms with Gasteiger partial charge in [0, 0.05) is 6.54 Å². The lowest BCUT2D eigenvalue weighted by atomic mass is 10.1. The Morgan fingerprint density at radius 1 is 1.50 bits per heavy atom. The monoisotopic (exact) mass is 191 g/mol. The zero-order valence-corrected chi connectivity index (χ0v) is 8.41. The number of hydrogen-bond acceptors (Lipinski definition) is 2. The van der Waals surface area contributed by atoms with Gasteiger partial charge in [-0.1, -0.05) is 6.07 Å². The standard InChI is InChI=1S/C11H13NO2/c1-3-12-9-5-4-8(2)6-10(9)14-7-11(12)13/h4-6H,3,7H2,1-2H3. The number of carbonyl (C=O) groups excluding carboxylic acids is 1. The lowest BCUT2D eigenvalue weighted by Crippen LogP contribution is -2.38. The molecule has 1 aliphatic heterocycles. The molecule has 0 spiro atoms. The summed E-state index contributed by atoms with van der Waals surface area (Å²) in [7, 11) is 0. The van der Waals surface area contributed by atoms with Gasteiger partial charge in [0.1, 0.15) is 5.75 Å². The Morgan fingerprint density at radius 2 is 2.29 bits per heavy atom. The van der Waals surface area contributed by atoms with Crippen LogP contribution in [0, 0.1) is 6.92 Å². The largest absolute Gasteiger partial charge is 0.482 e. The number of carbonyl (C=O) groups is 1. The molecule has 2 rings (SSSR count). The van der Waals surface area contributed by atoms with Gasteiger partial charge in [0.15, 0.2) is 6.61 Å². The summed E-state index contributed by atoms with van der Waals surface area (Å²) in [4.78, 5) is 13.2. The number of fused-ring (bicyclic) bond motifs is 1. The zero-order valence-electron chi connectivity index (χ0n) is 8.41. The van der Waals surface area contributed by atoms with Crippen LogP contribution in [0.1, 0.15) is 12.5 Å². The van der Waals surface area contributed by atoms with Crippen LogP contribution in [0.15, 0.2) is 18.2 Å². The number of rotatable bonds is 1. The Hall–Kier alpha value is -1.51. The molecule has 1 aliphatic rings. The molecule has 1 heterocycles. The van der Waals surface area contributed by atoms with E-state index >= 15 is 0 Å². The van der Waals surface area contributed by atoms with Gasteiger partial charge >= 0.3 is 0 Å². The number of amides is 1. The second-order valence-electron chi connectivity index (χ2n) is 3.40. The zero-order chi connectivity index (χ0) is 10.1. The Bertz CT molecular complexity index is 374. The molecule has 0 saturated heterocycles. The van der Waals surface area contributed by atoms with Crippen LogP contribution in [0.4, 0.5) is 5.69 Å². The highest BCUT2D eigenvalue weighted by Gasteiger charge is 2.23. The molecule has 0 unspecified atom stereocenters. The highest BCUT2D eigenvalue weighted by atomic mass is 16.5. The first kappa shape index (κ1) is 9.06. The van der Waals surface area contributed by atoms with Gasteiger partial charge in [0.05, 0.1) is 5.69 Å². The van der Waals surface area contributed by atoms with Crippen molar-refractivity contribution in [3.8, 4) is 5.75 Å². The molecule has 0 fully saturated rings. The van der Waals surface area contributed by atoms with Gasteiger partial charge in [-0.2, -0.15) is 0 Å². The third-order valence-corrected chi connectivity index (χ3v) is 2.37. The molecule has 14 heavy (non-hydrogen) atoms. The fourth-order valence-corrected chi connectivity index (χ4v) is 1.66. The van der Waals surface area contributed by atoms with Crippen molar-refractivity contribution in [1.29, 1.82) is 0 Å². The van der Waals surface area contributed by atoms with Gasteiger partial charge in [-0.05, 0) is 31.5 Å². The SMILES string of the molecule is CCN1C(=O)COc2cc(C)ccc21. The minimum atomic E-state index is 0.0313. The maximum atomic E-state index is 11.5. The van der Waals surface area contributed by atoms with E-state index in [1.165, 1.54) is 0 Å². The van der Waals surface area contributed by atoms with E-state index in [-0.39, 0.29) is 12.5 Å². The quantitative estimate of drug-likeness (QED) is 0.676. The van der Waals surface area contributed by atoms with E-state index in [1.807, 2.05) is 32.0 Å². The second kappa shape index (κ2) is 3.33. The third kappa shape index (κ3) is 1.35. The molecule has 0 atom stereocenters. The average Bonchev–Trinajstić information content (AvgIpc) is 2.18. The van der Waals surface area contributed by atoms with Crippen LogP contribution >= 0.6 is 0 Å². The lowest BCUT2D eigenvalue weighted by Gasteiger charge is -2.28. The van der Waals surface area contributed by atoms with Crippen molar-refractivity contribution in [1.82, 2.24) is 0 Å². The van der Waals surface area contributed by atoms with Crippen molar-refractivity contribution < 1.29 is 9.53 Å². The van der Waals surface area contributed by atoms with E-state index < -0.39 is 0 Å². The number of ether oxygens (including phenoxy) is 1. The Kier molecular flexibility index (Phi) is 2.15. The maximum absolute atomic E-state index is 11.5. The summed E-state index contributed by atoms with van der Waals surface area (Å²) in [6.07, 6.45) is 0. The number of anilines is 1. The summed E-state index contributed by atoms with van der Waals surface area (Å²) >= 11 is 0. The molecule has 0 aliphatic carbocycles. The van der Waals surface area contributed by atoms with Crippen molar-refractivity contribution in [2.75, 3.05) is 18.1 Å². The molecule has 0 bridgehead atoms. The number of nitrogens with zero attached hydrogens (tertiary/aromatic N) is 1. The van der Waals surface area contributed by atoms with Gasteiger partial charge in [0.2, 0.25) is 0 Å². The summed E-state index contributed by atoms with van der Waals surface area (Å²) in [6, 6.07) is 5.89. The highest BCUT2D eigenvalue weighted by Crippen LogP contribution is 2.32. The summed E-state index contributed by atoms with van der Waals surface area (Å²) in [6.45, 7) is 4.83. The first-order valence-corrected chi connectivity index (χ1v) is 4.76. The van der Waals surface area contributed by atoms with Crippen LogP contribution in [0.3, 0.4) is 0 Å². The summed E-state index contributed by atoms with van der Waals surface area (Å²) < 4.78 is 5.36. The molecule has 74 valence electrons. The molecule has 3 nitrogen and oxygen atoms in total. The van der Waals surface area contributed by atoms with Gasteiger partial charge in [0.25, 0.3) is 5.91 Å². The molecule has 0 saturated carbocycles. The van der Waals surface area contributed by atoms with Crippen LogP contribution in [0.5, 0.6) is 5.75 Å². The topological polar surface area (TPSA) is 29.5 Å². The lowest BCUT2D eigenvalue weighted by molar-refractivity contribution is -0.121. The van der Waals surface area contributed by atoms with Gasteiger partial charge in [-0.15, -0.1) is 0 Å². The predicted octanol–water partition coefficient (Wildman–Crippen LogP) is 1.74. The first-order chi connectivity index (χ1) is 6.72. The van der Waals surface area contributed by atoms with Gasteiger partial charge in [-0.25, -0.2) is 0 Å². The van der Waals surface area contributed by atoms with E-state index in [0.29, 0.717) is 6.54 Å². The van der Waals surface area contributed by atoms with E-state index in [2.05, 4.69) is 0 Å². The molecule has 0 N–H and O–H groups in total. The number of benzene rings is 1. The fourth-order valence-electron chi connectivity index (χ4n) is 1.66. The van der Waals surface area contributed by atoms with E-state index in [9.17, 15) is 4.79 Å². The first-order valence-electron chi connectivity index (χ1n) is 4.76. The third-order valence-electron chi connectivity index (χ3n) is 2.37. The second-order valence-corrected chi connectivity index (χ2v) is 3.40. The smallest absolute Gasteiger partial charge is 0.265 e. The molecule has 0 aromatic heterocycles. The van der Waals surface area contributed by atoms with E-state index in [0.717, 1.165) is 17.0 Å². The van der Waals surface area contributed by atoms with Crippen molar-refractivity contribution in [3.05, 3.63) is 23.8 Å². The molecular formula is C11H13NO2. The number of aryl methyl sites for hydroxylation is 1. The molecule has 0 radical (unpaired) electrons.